The molecule has 0 atom stereocenters. The first-order valence-corrected chi connectivity index (χ1v) is 10.4. The van der Waals surface area contributed by atoms with E-state index in [9.17, 15) is 14.7 Å². The van der Waals surface area contributed by atoms with Crippen molar-refractivity contribution in [1.29, 1.82) is 0 Å². The molecule has 146 valence electrons. The predicted molar refractivity (Wildman–Crippen MR) is 117 cm³/mol. The zero-order valence-electron chi connectivity index (χ0n) is 15.0. The van der Waals surface area contributed by atoms with Crippen molar-refractivity contribution in [1.82, 2.24) is 0 Å². The van der Waals surface area contributed by atoms with Gasteiger partial charge in [0.1, 0.15) is 6.61 Å². The summed E-state index contributed by atoms with van der Waals surface area (Å²) in [4.78, 5) is 24.0. The number of ether oxygens (including phenoxy) is 1. The Balaban J connectivity index is 1.55. The van der Waals surface area contributed by atoms with Gasteiger partial charge in [0, 0.05) is 14.9 Å². The predicted octanol–water partition coefficient (Wildman–Crippen LogP) is 6.27. The van der Waals surface area contributed by atoms with Crippen LogP contribution in [0.5, 0.6) is 0 Å². The largest absolute Gasteiger partial charge is 0.478 e. The molecular formula is C22H15Br2NO4. The maximum Gasteiger partial charge on any atom is 0.411 e. The lowest BCUT2D eigenvalue weighted by Crippen LogP contribution is -2.20. The number of aromatic carboxylic acids is 1. The molecule has 3 aromatic carbocycles. The normalized spacial score (nSPS) is 12.2. The lowest BCUT2D eigenvalue weighted by molar-refractivity contribution is 0.0697. The van der Waals surface area contributed by atoms with Gasteiger partial charge in [-0.1, -0.05) is 48.5 Å². The van der Waals surface area contributed by atoms with Crippen LogP contribution in [0.15, 0.2) is 69.6 Å². The van der Waals surface area contributed by atoms with Gasteiger partial charge in [-0.05, 0) is 66.2 Å². The number of hydrogen-bond donors (Lipinski definition) is 2. The second-order valence-corrected chi connectivity index (χ2v) is 8.24. The Labute approximate surface area is 184 Å². The van der Waals surface area contributed by atoms with Crippen LogP contribution in [0.2, 0.25) is 0 Å². The Bertz CT molecular complexity index is 1080. The Kier molecular flexibility index (Phi) is 5.43. The summed E-state index contributed by atoms with van der Waals surface area (Å²) < 4.78 is 6.31. The van der Waals surface area contributed by atoms with Crippen LogP contribution in [0.3, 0.4) is 0 Å². The molecule has 1 aliphatic carbocycles. The Morgan fingerprint density at radius 3 is 2.03 bits per heavy atom. The highest BCUT2D eigenvalue weighted by Gasteiger charge is 2.29. The number of rotatable bonds is 4. The minimum absolute atomic E-state index is 0.0483. The van der Waals surface area contributed by atoms with Crippen molar-refractivity contribution in [2.75, 3.05) is 11.9 Å². The number of halogens is 2. The molecule has 0 fully saturated rings. The first-order valence-electron chi connectivity index (χ1n) is 8.80. The van der Waals surface area contributed by atoms with Crippen molar-refractivity contribution < 1.29 is 19.4 Å². The van der Waals surface area contributed by atoms with Crippen molar-refractivity contribution in [2.24, 2.45) is 0 Å². The molecule has 0 heterocycles. The minimum atomic E-state index is -1.16. The van der Waals surface area contributed by atoms with E-state index in [1.807, 2.05) is 36.4 Å². The average Bonchev–Trinajstić information content (AvgIpc) is 3.03. The molecule has 0 radical (unpaired) electrons. The molecule has 1 amide bonds. The molecule has 0 unspecified atom stereocenters. The van der Waals surface area contributed by atoms with Crippen molar-refractivity contribution in [3.8, 4) is 11.1 Å². The number of carboxylic acid groups (broad SMARTS) is 1. The van der Waals surface area contributed by atoms with Crippen LogP contribution in [0.1, 0.15) is 27.4 Å². The Hall–Kier alpha value is -2.64. The highest BCUT2D eigenvalue weighted by molar-refractivity contribution is 9.11. The minimum Gasteiger partial charge on any atom is -0.478 e. The van der Waals surface area contributed by atoms with Gasteiger partial charge in [0.15, 0.2) is 0 Å². The van der Waals surface area contributed by atoms with Crippen LogP contribution < -0.4 is 5.32 Å². The molecule has 3 aromatic rings. The quantitative estimate of drug-likeness (QED) is 0.428. The molecule has 0 spiro atoms. The van der Waals surface area contributed by atoms with Gasteiger partial charge in [-0.3, -0.25) is 5.32 Å². The van der Waals surface area contributed by atoms with Gasteiger partial charge in [-0.25, -0.2) is 9.59 Å². The second kappa shape index (κ2) is 8.00. The maximum atomic E-state index is 12.5. The highest BCUT2D eigenvalue weighted by atomic mass is 79.9. The fraction of sp³-hybridized carbons (Fsp3) is 0.0909. The van der Waals surface area contributed by atoms with E-state index in [1.165, 1.54) is 0 Å². The van der Waals surface area contributed by atoms with Crippen LogP contribution in [0.4, 0.5) is 10.5 Å². The summed E-state index contributed by atoms with van der Waals surface area (Å²) in [5, 5.41) is 12.0. The number of nitrogens with one attached hydrogen (secondary N) is 1. The summed E-state index contributed by atoms with van der Waals surface area (Å²) in [6, 6.07) is 19.4. The molecule has 0 bridgehead atoms. The second-order valence-electron chi connectivity index (χ2n) is 6.53. The summed E-state index contributed by atoms with van der Waals surface area (Å²) in [6.07, 6.45) is -0.715. The molecule has 0 saturated heterocycles. The van der Waals surface area contributed by atoms with E-state index in [1.54, 1.807) is 12.1 Å². The molecule has 29 heavy (non-hydrogen) atoms. The number of hydrogen-bond acceptors (Lipinski definition) is 3. The summed E-state index contributed by atoms with van der Waals surface area (Å²) in [5.41, 5.74) is 4.59. The molecular weight excluding hydrogens is 502 g/mol. The summed E-state index contributed by atoms with van der Waals surface area (Å²) in [7, 11) is 0. The zero-order valence-corrected chi connectivity index (χ0v) is 18.2. The molecule has 0 aromatic heterocycles. The third kappa shape index (κ3) is 3.68. The van der Waals surface area contributed by atoms with Gasteiger partial charge in [0.2, 0.25) is 0 Å². The third-order valence-corrected chi connectivity index (χ3v) is 6.21. The number of fused-ring (bicyclic) bond motifs is 3. The molecule has 5 nitrogen and oxygen atoms in total. The van der Waals surface area contributed by atoms with Crippen LogP contribution in [0, 0.1) is 0 Å². The first-order chi connectivity index (χ1) is 14.0. The Morgan fingerprint density at radius 1 is 0.897 bits per heavy atom. The smallest absolute Gasteiger partial charge is 0.411 e. The molecule has 0 saturated carbocycles. The molecule has 0 aliphatic heterocycles. The van der Waals surface area contributed by atoms with E-state index in [4.69, 9.17) is 4.74 Å². The van der Waals surface area contributed by atoms with E-state index in [0.29, 0.717) is 8.95 Å². The van der Waals surface area contributed by atoms with Crippen LogP contribution in [-0.4, -0.2) is 23.8 Å². The van der Waals surface area contributed by atoms with Gasteiger partial charge in [0.25, 0.3) is 0 Å². The van der Waals surface area contributed by atoms with Crippen molar-refractivity contribution in [3.63, 3.8) is 0 Å². The number of carbonyl (C=O) groups excluding carboxylic acids is 1. The topological polar surface area (TPSA) is 75.6 Å². The van der Waals surface area contributed by atoms with Crippen LogP contribution in [-0.2, 0) is 4.74 Å². The number of anilines is 1. The third-order valence-electron chi connectivity index (χ3n) is 4.89. The fourth-order valence-corrected chi connectivity index (χ4v) is 4.55. The lowest BCUT2D eigenvalue weighted by atomic mass is 9.98. The number of amides is 1. The van der Waals surface area contributed by atoms with Crippen LogP contribution >= 0.6 is 31.9 Å². The number of carbonyl (C=O) groups is 2. The Morgan fingerprint density at radius 2 is 1.45 bits per heavy atom. The van der Waals surface area contributed by atoms with E-state index in [2.05, 4.69) is 49.3 Å². The van der Waals surface area contributed by atoms with E-state index in [0.717, 1.165) is 22.3 Å². The highest BCUT2D eigenvalue weighted by Crippen LogP contribution is 2.44. The molecule has 4 rings (SSSR count). The van der Waals surface area contributed by atoms with Crippen LogP contribution in [0.25, 0.3) is 11.1 Å². The molecule has 7 heteroatoms. The summed E-state index contributed by atoms with van der Waals surface area (Å²) in [5.74, 6) is -1.23. The first kappa shape index (κ1) is 19.7. The van der Waals surface area contributed by atoms with Gasteiger partial charge in [-0.15, -0.1) is 0 Å². The van der Waals surface area contributed by atoms with Crippen molar-refractivity contribution in [3.05, 3.63) is 86.3 Å². The average molecular weight is 517 g/mol. The monoisotopic (exact) mass is 515 g/mol. The molecule has 1 aliphatic rings. The van der Waals surface area contributed by atoms with E-state index >= 15 is 0 Å². The van der Waals surface area contributed by atoms with Crippen molar-refractivity contribution >= 4 is 49.6 Å². The van der Waals surface area contributed by atoms with Gasteiger partial charge >= 0.3 is 12.1 Å². The van der Waals surface area contributed by atoms with Gasteiger partial charge in [0.05, 0.1) is 11.3 Å². The van der Waals surface area contributed by atoms with Gasteiger partial charge in [-0.2, -0.15) is 0 Å². The summed E-state index contributed by atoms with van der Waals surface area (Å²) >= 11 is 6.49. The fourth-order valence-electron chi connectivity index (χ4n) is 3.62. The SMILES string of the molecule is O=C(Nc1c(Br)ccc(Br)c1C(=O)O)OCC1c2ccccc2-c2ccccc21. The van der Waals surface area contributed by atoms with E-state index in [-0.39, 0.29) is 23.8 Å². The number of carboxylic acids is 1. The summed E-state index contributed by atoms with van der Waals surface area (Å²) in [6.45, 7) is 0.147. The van der Waals surface area contributed by atoms with Crippen molar-refractivity contribution in [2.45, 2.75) is 5.92 Å². The maximum absolute atomic E-state index is 12.5. The molecule has 2 N–H and O–H groups in total. The zero-order chi connectivity index (χ0) is 20.5. The number of benzene rings is 3. The van der Waals surface area contributed by atoms with Gasteiger partial charge < -0.3 is 9.84 Å². The lowest BCUT2D eigenvalue weighted by Gasteiger charge is -2.16. The standard InChI is InChI=1S/C22H15Br2NO4/c23-17-9-10-18(24)20(19(17)21(26)27)25-22(28)29-11-16-14-7-3-1-5-12(14)13-6-2-4-8-15(13)16/h1-10,16H,11H2,(H,25,28)(H,26,27). The van der Waals surface area contributed by atoms with E-state index < -0.39 is 12.1 Å².